The Morgan fingerprint density at radius 1 is 0.815 bits per heavy atom. The first-order chi connectivity index (χ1) is 13.3. The van der Waals surface area contributed by atoms with E-state index in [1.807, 2.05) is 59.2 Å². The van der Waals surface area contributed by atoms with Crippen LogP contribution in [0.2, 0.25) is 0 Å². The zero-order chi connectivity index (χ0) is 18.8. The number of pyridine rings is 1. The Labute approximate surface area is 157 Å². The highest BCUT2D eigenvalue weighted by Gasteiger charge is 2.20. The Hall–Kier alpha value is -3.54. The van der Waals surface area contributed by atoms with Gasteiger partial charge < -0.3 is 14.2 Å². The van der Waals surface area contributed by atoms with Gasteiger partial charge in [-0.25, -0.2) is 9.97 Å². The number of hydrogen-bond acceptors (Lipinski definition) is 5. The van der Waals surface area contributed by atoms with Crippen LogP contribution in [-0.2, 0) is 0 Å². The molecule has 0 aliphatic rings. The quantitative estimate of drug-likeness (QED) is 0.535. The topological polar surface area (TPSA) is 58.4 Å². The van der Waals surface area contributed by atoms with Crippen LogP contribution >= 0.6 is 0 Å². The van der Waals surface area contributed by atoms with Gasteiger partial charge in [0.05, 0.1) is 32.6 Å². The fourth-order valence-electron chi connectivity index (χ4n) is 3.12. The van der Waals surface area contributed by atoms with Crippen molar-refractivity contribution in [3.63, 3.8) is 0 Å². The van der Waals surface area contributed by atoms with Crippen LogP contribution in [0.3, 0.4) is 0 Å². The molecule has 0 fully saturated rings. The summed E-state index contributed by atoms with van der Waals surface area (Å²) in [6, 6.07) is 17.3. The van der Waals surface area contributed by atoms with Crippen LogP contribution in [0.5, 0.6) is 17.2 Å². The molecule has 6 nitrogen and oxygen atoms in total. The molecular weight excluding hydrogens is 342 g/mol. The molecule has 136 valence electrons. The maximum absolute atomic E-state index is 5.60. The van der Waals surface area contributed by atoms with Crippen molar-refractivity contribution in [3.8, 4) is 34.3 Å². The predicted molar refractivity (Wildman–Crippen MR) is 104 cm³/mol. The van der Waals surface area contributed by atoms with Gasteiger partial charge in [0.15, 0.2) is 11.5 Å². The Balaban J connectivity index is 2.05. The van der Waals surface area contributed by atoms with Gasteiger partial charge in [-0.05, 0) is 36.4 Å². The van der Waals surface area contributed by atoms with E-state index in [9.17, 15) is 0 Å². The molecule has 0 radical (unpaired) electrons. The fraction of sp³-hybridized carbons (Fsp3) is 0.143. The van der Waals surface area contributed by atoms with Gasteiger partial charge >= 0.3 is 0 Å². The van der Waals surface area contributed by atoms with Crippen molar-refractivity contribution >= 4 is 11.2 Å². The first kappa shape index (κ1) is 16.9. The number of nitrogens with zero attached hydrogens (tertiary/aromatic N) is 3. The summed E-state index contributed by atoms with van der Waals surface area (Å²) in [5, 5.41) is 0. The van der Waals surface area contributed by atoms with Gasteiger partial charge in [0.1, 0.15) is 22.8 Å². The van der Waals surface area contributed by atoms with Crippen LogP contribution in [0.1, 0.15) is 0 Å². The molecule has 0 bridgehead atoms. The highest BCUT2D eigenvalue weighted by molar-refractivity contribution is 5.82. The van der Waals surface area contributed by atoms with Crippen molar-refractivity contribution in [2.24, 2.45) is 0 Å². The van der Waals surface area contributed by atoms with Crippen molar-refractivity contribution in [1.29, 1.82) is 0 Å². The third kappa shape index (κ3) is 2.85. The average Bonchev–Trinajstić information content (AvgIpc) is 3.12. The Bertz CT molecular complexity index is 1100. The maximum Gasteiger partial charge on any atom is 0.165 e. The van der Waals surface area contributed by atoms with E-state index in [4.69, 9.17) is 19.2 Å². The lowest BCUT2D eigenvalue weighted by Gasteiger charge is -2.15. The monoisotopic (exact) mass is 361 g/mol. The normalized spacial score (nSPS) is 10.8. The minimum Gasteiger partial charge on any atom is -0.497 e. The van der Waals surface area contributed by atoms with Crippen LogP contribution < -0.4 is 14.2 Å². The molecule has 0 aliphatic heterocycles. The number of benzene rings is 2. The Morgan fingerprint density at radius 3 is 2.41 bits per heavy atom. The molecule has 0 atom stereocenters. The summed E-state index contributed by atoms with van der Waals surface area (Å²) in [7, 11) is 4.91. The second-order valence-electron chi connectivity index (χ2n) is 5.86. The van der Waals surface area contributed by atoms with Crippen molar-refractivity contribution in [2.75, 3.05) is 21.3 Å². The smallest absolute Gasteiger partial charge is 0.165 e. The van der Waals surface area contributed by atoms with Crippen LogP contribution in [0.15, 0.2) is 60.8 Å². The van der Waals surface area contributed by atoms with Gasteiger partial charge in [-0.1, -0.05) is 12.1 Å². The standard InChI is InChI=1S/C21H19N3O3/c1-25-14-10-11-15(19(13-14)27-3)20-23-16-7-6-12-22-21(16)24(20)17-8-4-5-9-18(17)26-2/h4-13H,1-3H3. The van der Waals surface area contributed by atoms with Crippen LogP contribution in [0, 0.1) is 0 Å². The lowest BCUT2D eigenvalue weighted by Crippen LogP contribution is -2.02. The molecule has 0 spiro atoms. The number of aromatic nitrogens is 3. The molecule has 6 heteroatoms. The fourth-order valence-corrected chi connectivity index (χ4v) is 3.12. The molecule has 0 saturated carbocycles. The Morgan fingerprint density at radius 2 is 1.63 bits per heavy atom. The third-order valence-corrected chi connectivity index (χ3v) is 4.39. The van der Waals surface area contributed by atoms with E-state index in [2.05, 4.69) is 4.98 Å². The highest BCUT2D eigenvalue weighted by Crippen LogP contribution is 2.37. The number of fused-ring (bicyclic) bond motifs is 1. The van der Waals surface area contributed by atoms with Crippen molar-refractivity contribution in [1.82, 2.24) is 14.5 Å². The molecule has 0 N–H and O–H groups in total. The SMILES string of the molecule is COc1ccc(-c2nc3cccnc3n2-c2ccccc2OC)c(OC)c1. The minimum atomic E-state index is 0.667. The maximum atomic E-state index is 5.60. The number of ether oxygens (including phenoxy) is 3. The van der Waals surface area contributed by atoms with E-state index in [-0.39, 0.29) is 0 Å². The molecule has 2 aromatic heterocycles. The lowest BCUT2D eigenvalue weighted by atomic mass is 10.1. The van der Waals surface area contributed by atoms with Crippen molar-refractivity contribution in [2.45, 2.75) is 0 Å². The summed E-state index contributed by atoms with van der Waals surface area (Å²) >= 11 is 0. The number of para-hydroxylation sites is 2. The van der Waals surface area contributed by atoms with Gasteiger partial charge in [0, 0.05) is 12.3 Å². The van der Waals surface area contributed by atoms with Crippen LogP contribution in [-0.4, -0.2) is 35.9 Å². The summed E-state index contributed by atoms with van der Waals surface area (Å²) in [6.07, 6.45) is 1.75. The molecule has 27 heavy (non-hydrogen) atoms. The Kier molecular flexibility index (Phi) is 4.38. The van der Waals surface area contributed by atoms with Crippen molar-refractivity contribution < 1.29 is 14.2 Å². The molecule has 0 saturated heterocycles. The van der Waals surface area contributed by atoms with E-state index in [1.165, 1.54) is 0 Å². The largest absolute Gasteiger partial charge is 0.497 e. The second-order valence-corrected chi connectivity index (χ2v) is 5.86. The molecule has 4 aromatic rings. The van der Waals surface area contributed by atoms with Crippen molar-refractivity contribution in [3.05, 3.63) is 60.8 Å². The molecule has 2 aromatic carbocycles. The van der Waals surface area contributed by atoms with Crippen LogP contribution in [0.25, 0.3) is 28.2 Å². The summed E-state index contributed by atoms with van der Waals surface area (Å²) in [5.74, 6) is 2.83. The number of hydrogen-bond donors (Lipinski definition) is 0. The summed E-state index contributed by atoms with van der Waals surface area (Å²) in [6.45, 7) is 0. The van der Waals surface area contributed by atoms with Gasteiger partial charge in [-0.3, -0.25) is 4.57 Å². The zero-order valence-electron chi connectivity index (χ0n) is 15.3. The van der Waals surface area contributed by atoms with Gasteiger partial charge in [0.25, 0.3) is 0 Å². The number of imidazole rings is 1. The first-order valence-corrected chi connectivity index (χ1v) is 8.46. The van der Waals surface area contributed by atoms with Gasteiger partial charge in [-0.2, -0.15) is 0 Å². The zero-order valence-corrected chi connectivity index (χ0v) is 15.3. The predicted octanol–water partition coefficient (Wildman–Crippen LogP) is 4.11. The van der Waals surface area contributed by atoms with E-state index in [1.54, 1.807) is 27.5 Å². The van der Waals surface area contributed by atoms with E-state index < -0.39 is 0 Å². The molecule has 2 heterocycles. The third-order valence-electron chi connectivity index (χ3n) is 4.39. The van der Waals surface area contributed by atoms with E-state index in [0.29, 0.717) is 17.3 Å². The van der Waals surface area contributed by atoms with Gasteiger partial charge in [-0.15, -0.1) is 0 Å². The van der Waals surface area contributed by atoms with Crippen LogP contribution in [0.4, 0.5) is 0 Å². The van der Waals surface area contributed by atoms with E-state index in [0.717, 1.165) is 28.2 Å². The summed E-state index contributed by atoms with van der Waals surface area (Å²) < 4.78 is 18.5. The highest BCUT2D eigenvalue weighted by atomic mass is 16.5. The molecule has 4 rings (SSSR count). The molecule has 0 aliphatic carbocycles. The number of rotatable bonds is 5. The number of methoxy groups -OCH3 is 3. The molecule has 0 unspecified atom stereocenters. The summed E-state index contributed by atoms with van der Waals surface area (Å²) in [4.78, 5) is 9.37. The lowest BCUT2D eigenvalue weighted by molar-refractivity contribution is 0.395. The molecular formula is C21H19N3O3. The average molecular weight is 361 g/mol. The first-order valence-electron chi connectivity index (χ1n) is 8.46. The summed E-state index contributed by atoms with van der Waals surface area (Å²) in [5.41, 5.74) is 3.22. The second kappa shape index (κ2) is 6.99. The minimum absolute atomic E-state index is 0.667. The van der Waals surface area contributed by atoms with E-state index >= 15 is 0 Å². The molecule has 0 amide bonds. The van der Waals surface area contributed by atoms with Gasteiger partial charge in [0.2, 0.25) is 0 Å².